The normalized spacial score (nSPS) is 24.9. The van der Waals surface area contributed by atoms with Crippen molar-refractivity contribution in [3.8, 4) is 0 Å². The summed E-state index contributed by atoms with van der Waals surface area (Å²) >= 11 is 3.69. The van der Waals surface area contributed by atoms with Crippen LogP contribution in [-0.2, 0) is 4.79 Å². The van der Waals surface area contributed by atoms with E-state index in [0.717, 1.165) is 23.7 Å². The Morgan fingerprint density at radius 1 is 1.25 bits per heavy atom. The highest BCUT2D eigenvalue weighted by Gasteiger charge is 2.39. The summed E-state index contributed by atoms with van der Waals surface area (Å²) in [5.74, 6) is 0.515. The van der Waals surface area contributed by atoms with Crippen LogP contribution in [0, 0.1) is 0 Å². The molecule has 0 amide bonds. The molecule has 1 aliphatic heterocycles. The number of benzene rings is 2. The third kappa shape index (κ3) is 1.59. The minimum Gasteiger partial charge on any atom is -0.371 e. The van der Waals surface area contributed by atoms with Crippen LogP contribution in [0.1, 0.15) is 30.7 Å². The van der Waals surface area contributed by atoms with E-state index < -0.39 is 0 Å². The Balaban J connectivity index is 2.08. The average Bonchev–Trinajstić information content (AvgIpc) is 2.47. The quantitative estimate of drug-likeness (QED) is 0.719. The van der Waals surface area contributed by atoms with Gasteiger partial charge in [0.05, 0.1) is 0 Å². The maximum atomic E-state index is 12.4. The Kier molecular flexibility index (Phi) is 2.68. The molecule has 2 bridgehead atoms. The molecule has 1 aliphatic carbocycles. The lowest BCUT2D eigenvalue weighted by Crippen LogP contribution is -2.43. The van der Waals surface area contributed by atoms with E-state index in [1.54, 1.807) is 0 Å². The summed E-state index contributed by atoms with van der Waals surface area (Å²) in [5, 5.41) is 2.43. The zero-order valence-corrected chi connectivity index (χ0v) is 13.0. The van der Waals surface area contributed by atoms with E-state index in [2.05, 4.69) is 58.2 Å². The Bertz CT molecular complexity index is 724. The van der Waals surface area contributed by atoms with Gasteiger partial charge in [-0.25, -0.2) is 0 Å². The summed E-state index contributed by atoms with van der Waals surface area (Å²) < 4.78 is 1.12. The molecule has 0 spiro atoms. The summed E-state index contributed by atoms with van der Waals surface area (Å²) in [4.78, 5) is 14.7. The van der Waals surface area contributed by atoms with Gasteiger partial charge in [-0.3, -0.25) is 4.79 Å². The molecule has 0 saturated heterocycles. The molecule has 2 aromatic carbocycles. The number of hydrogen-bond acceptors (Lipinski definition) is 2. The van der Waals surface area contributed by atoms with Crippen LogP contribution in [0.3, 0.4) is 0 Å². The lowest BCUT2D eigenvalue weighted by Gasteiger charge is -2.43. The molecule has 3 heteroatoms. The third-order valence-corrected chi connectivity index (χ3v) is 5.57. The molecule has 2 aromatic rings. The molecule has 0 N–H and O–H groups in total. The van der Waals surface area contributed by atoms with E-state index in [4.69, 9.17) is 0 Å². The first-order valence-corrected chi connectivity index (χ1v) is 7.93. The topological polar surface area (TPSA) is 20.3 Å². The fourth-order valence-electron chi connectivity index (χ4n) is 3.83. The highest BCUT2D eigenvalue weighted by atomic mass is 79.9. The number of hydrogen-bond donors (Lipinski definition) is 0. The molecule has 1 saturated carbocycles. The number of Topliss-reactive ketones (excluding diaryl/α,β-unsaturated/α-hetero) is 1. The molecular formula is C17H16BrNO. The monoisotopic (exact) mass is 329 g/mol. The van der Waals surface area contributed by atoms with E-state index in [1.165, 1.54) is 22.0 Å². The fraction of sp³-hybridized carbons (Fsp3) is 0.353. The second-order valence-electron chi connectivity index (χ2n) is 5.89. The maximum Gasteiger partial charge on any atom is 0.140 e. The number of carbonyl (C=O) groups excluding carboxylic acids is 1. The fourth-order valence-corrected chi connectivity index (χ4v) is 4.39. The van der Waals surface area contributed by atoms with Crippen molar-refractivity contribution < 1.29 is 4.79 Å². The Morgan fingerprint density at radius 2 is 2.00 bits per heavy atom. The minimum absolute atomic E-state index is 0.0953. The smallest absolute Gasteiger partial charge is 0.140 e. The first-order chi connectivity index (χ1) is 9.66. The number of ketones is 1. The third-order valence-electron chi connectivity index (χ3n) is 4.91. The number of rotatable bonds is 0. The van der Waals surface area contributed by atoms with Crippen molar-refractivity contribution in [2.24, 2.45) is 0 Å². The lowest BCUT2D eigenvalue weighted by molar-refractivity contribution is -0.122. The second kappa shape index (κ2) is 4.32. The summed E-state index contributed by atoms with van der Waals surface area (Å²) in [7, 11) is 2.16. The van der Waals surface area contributed by atoms with Gasteiger partial charge in [-0.15, -0.1) is 0 Å². The first kappa shape index (κ1) is 12.4. The molecule has 1 fully saturated rings. The van der Waals surface area contributed by atoms with Gasteiger partial charge in [0, 0.05) is 35.6 Å². The molecule has 0 aromatic heterocycles. The summed E-state index contributed by atoms with van der Waals surface area (Å²) in [6, 6.07) is 11.1. The van der Waals surface area contributed by atoms with Crippen molar-refractivity contribution in [2.75, 3.05) is 11.9 Å². The Labute approximate surface area is 126 Å². The number of halogens is 1. The van der Waals surface area contributed by atoms with Gasteiger partial charge in [0.15, 0.2) is 0 Å². The highest BCUT2D eigenvalue weighted by Crippen LogP contribution is 2.48. The lowest BCUT2D eigenvalue weighted by atomic mass is 9.74. The Hall–Kier alpha value is -1.35. The van der Waals surface area contributed by atoms with Crippen LogP contribution in [-0.4, -0.2) is 18.9 Å². The van der Waals surface area contributed by atoms with E-state index in [9.17, 15) is 4.79 Å². The maximum absolute atomic E-state index is 12.4. The number of fused-ring (bicyclic) bond motifs is 6. The van der Waals surface area contributed by atoms with E-state index in [0.29, 0.717) is 11.8 Å². The van der Waals surface area contributed by atoms with Crippen molar-refractivity contribution in [3.63, 3.8) is 0 Å². The molecule has 102 valence electrons. The van der Waals surface area contributed by atoms with Crippen molar-refractivity contribution >= 4 is 38.2 Å². The van der Waals surface area contributed by atoms with Crippen LogP contribution in [0.25, 0.3) is 10.8 Å². The van der Waals surface area contributed by atoms with Gasteiger partial charge < -0.3 is 4.90 Å². The predicted octanol–water partition coefficient (Wildman–Crippen LogP) is 4.26. The SMILES string of the molecule is CN1c2cc(Br)c3ccccc3c2[C@H]2C[C@@H]1CCC2=O. The molecule has 2 aliphatic rings. The van der Waals surface area contributed by atoms with Crippen molar-refractivity contribution in [2.45, 2.75) is 31.2 Å². The minimum atomic E-state index is 0.0953. The predicted molar refractivity (Wildman–Crippen MR) is 85.4 cm³/mol. The number of anilines is 1. The van der Waals surface area contributed by atoms with Crippen molar-refractivity contribution in [3.05, 3.63) is 40.4 Å². The molecule has 0 radical (unpaired) electrons. The zero-order valence-electron chi connectivity index (χ0n) is 11.4. The molecule has 2 atom stereocenters. The molecule has 1 heterocycles. The second-order valence-corrected chi connectivity index (χ2v) is 6.75. The van der Waals surface area contributed by atoms with Gasteiger partial charge in [-0.05, 0) is 35.2 Å². The molecule has 0 unspecified atom stereocenters. The van der Waals surface area contributed by atoms with Gasteiger partial charge in [0.25, 0.3) is 0 Å². The summed E-state index contributed by atoms with van der Waals surface area (Å²) in [6.07, 6.45) is 2.70. The van der Waals surface area contributed by atoms with Gasteiger partial charge in [0.2, 0.25) is 0 Å². The Morgan fingerprint density at radius 3 is 2.80 bits per heavy atom. The first-order valence-electron chi connectivity index (χ1n) is 7.13. The number of carbonyl (C=O) groups is 1. The highest BCUT2D eigenvalue weighted by molar-refractivity contribution is 9.10. The van der Waals surface area contributed by atoms with E-state index >= 15 is 0 Å². The van der Waals surface area contributed by atoms with Crippen molar-refractivity contribution in [1.29, 1.82) is 0 Å². The standard InChI is InChI=1S/C17H16BrNO/c1-19-10-6-7-16(20)13(8-10)17-12-5-3-2-4-11(12)14(18)9-15(17)19/h2-5,9-10,13H,6-8H2,1H3/t10-,13-/m0/s1. The van der Waals surface area contributed by atoms with Crippen LogP contribution in [0.4, 0.5) is 5.69 Å². The average molecular weight is 330 g/mol. The molecular weight excluding hydrogens is 314 g/mol. The van der Waals surface area contributed by atoms with Crippen LogP contribution >= 0.6 is 15.9 Å². The largest absolute Gasteiger partial charge is 0.371 e. The van der Waals surface area contributed by atoms with Gasteiger partial charge >= 0.3 is 0 Å². The van der Waals surface area contributed by atoms with Gasteiger partial charge in [-0.1, -0.05) is 40.2 Å². The van der Waals surface area contributed by atoms with Gasteiger partial charge in [0.1, 0.15) is 5.78 Å². The van der Waals surface area contributed by atoms with E-state index in [1.807, 2.05) is 0 Å². The van der Waals surface area contributed by atoms with Crippen LogP contribution < -0.4 is 4.90 Å². The van der Waals surface area contributed by atoms with Gasteiger partial charge in [-0.2, -0.15) is 0 Å². The van der Waals surface area contributed by atoms with Crippen LogP contribution in [0.15, 0.2) is 34.8 Å². The van der Waals surface area contributed by atoms with Crippen LogP contribution in [0.2, 0.25) is 0 Å². The zero-order chi connectivity index (χ0) is 13.9. The number of nitrogens with zero attached hydrogens (tertiary/aromatic N) is 1. The molecule has 4 rings (SSSR count). The molecule has 2 nitrogen and oxygen atoms in total. The molecule has 20 heavy (non-hydrogen) atoms. The summed E-state index contributed by atoms with van der Waals surface area (Å²) in [6.45, 7) is 0. The summed E-state index contributed by atoms with van der Waals surface area (Å²) in [5.41, 5.74) is 2.47. The van der Waals surface area contributed by atoms with Crippen molar-refractivity contribution in [1.82, 2.24) is 0 Å². The van der Waals surface area contributed by atoms with E-state index in [-0.39, 0.29) is 5.92 Å². The van der Waals surface area contributed by atoms with Crippen LogP contribution in [0.5, 0.6) is 0 Å².